The van der Waals surface area contributed by atoms with E-state index in [4.69, 9.17) is 0 Å². The molecule has 1 heterocycles. The molecule has 0 saturated heterocycles. The second-order valence-electron chi connectivity index (χ2n) is 2.49. The highest BCUT2D eigenvalue weighted by atomic mass is 127. The lowest BCUT2D eigenvalue weighted by molar-refractivity contribution is 0.0598. The van der Waals surface area contributed by atoms with Gasteiger partial charge in [0, 0.05) is 3.57 Å². The molecule has 1 rings (SSSR count). The standard InChI is InChI=1S/C8H5BrF2INO2/c1-15-8(14)3-2-4(12)5(7(10)11)13-6(3)9/h2,7H,1H3. The highest BCUT2D eigenvalue weighted by Crippen LogP contribution is 2.27. The highest BCUT2D eigenvalue weighted by Gasteiger charge is 2.19. The Hall–Kier alpha value is -0.310. The normalized spacial score (nSPS) is 10.5. The number of halogens is 4. The van der Waals surface area contributed by atoms with E-state index < -0.39 is 12.4 Å². The number of nitrogens with zero attached hydrogens (tertiary/aromatic N) is 1. The summed E-state index contributed by atoms with van der Waals surface area (Å²) in [6.45, 7) is 0. The van der Waals surface area contributed by atoms with E-state index in [9.17, 15) is 13.6 Å². The number of ether oxygens (including phenoxy) is 1. The third kappa shape index (κ3) is 2.83. The Kier molecular flexibility index (Phi) is 4.38. The van der Waals surface area contributed by atoms with E-state index in [0.29, 0.717) is 0 Å². The number of carbonyl (C=O) groups excluding carboxylic acids is 1. The summed E-state index contributed by atoms with van der Waals surface area (Å²) in [6.07, 6.45) is -2.67. The van der Waals surface area contributed by atoms with Crippen molar-refractivity contribution in [1.82, 2.24) is 4.98 Å². The predicted molar refractivity (Wildman–Crippen MR) is 61.0 cm³/mol. The summed E-state index contributed by atoms with van der Waals surface area (Å²) in [7, 11) is 1.21. The van der Waals surface area contributed by atoms with Crippen LogP contribution in [0.3, 0.4) is 0 Å². The molecule has 0 unspecified atom stereocenters. The quantitative estimate of drug-likeness (QED) is 0.441. The van der Waals surface area contributed by atoms with E-state index in [1.165, 1.54) is 13.2 Å². The van der Waals surface area contributed by atoms with Gasteiger partial charge in [-0.25, -0.2) is 18.6 Å². The largest absolute Gasteiger partial charge is 0.465 e. The molecule has 82 valence electrons. The number of alkyl halides is 2. The molecule has 0 amide bonds. The zero-order valence-corrected chi connectivity index (χ0v) is 11.2. The summed E-state index contributed by atoms with van der Waals surface area (Å²) in [4.78, 5) is 14.8. The molecule has 0 fully saturated rings. The molecule has 0 aliphatic carbocycles. The summed E-state index contributed by atoms with van der Waals surface area (Å²) in [5.41, 5.74) is -0.221. The molecule has 3 nitrogen and oxygen atoms in total. The molecule has 1 aromatic rings. The lowest BCUT2D eigenvalue weighted by Crippen LogP contribution is -2.07. The van der Waals surface area contributed by atoms with Gasteiger partial charge in [-0.15, -0.1) is 0 Å². The highest BCUT2D eigenvalue weighted by molar-refractivity contribution is 14.1. The Morgan fingerprint density at radius 1 is 1.67 bits per heavy atom. The minimum atomic E-state index is -2.67. The van der Waals surface area contributed by atoms with Gasteiger partial charge in [-0.1, -0.05) is 0 Å². The van der Waals surface area contributed by atoms with Crippen molar-refractivity contribution < 1.29 is 18.3 Å². The fourth-order valence-corrected chi connectivity index (χ4v) is 2.02. The van der Waals surface area contributed by atoms with Crippen LogP contribution in [0.2, 0.25) is 0 Å². The zero-order chi connectivity index (χ0) is 11.6. The van der Waals surface area contributed by atoms with Crippen molar-refractivity contribution in [2.24, 2.45) is 0 Å². The third-order valence-corrected chi connectivity index (χ3v) is 3.04. The van der Waals surface area contributed by atoms with E-state index >= 15 is 0 Å². The van der Waals surface area contributed by atoms with Crippen molar-refractivity contribution in [2.75, 3.05) is 7.11 Å². The first-order chi connectivity index (χ1) is 6.97. The van der Waals surface area contributed by atoms with E-state index in [-0.39, 0.29) is 19.4 Å². The molecule has 1 aromatic heterocycles. The Bertz CT molecular complexity index is 400. The zero-order valence-electron chi connectivity index (χ0n) is 7.43. The smallest absolute Gasteiger partial charge is 0.340 e. The van der Waals surface area contributed by atoms with Crippen molar-refractivity contribution in [3.05, 3.63) is 25.5 Å². The van der Waals surface area contributed by atoms with Gasteiger partial charge in [0.25, 0.3) is 6.43 Å². The Morgan fingerprint density at radius 3 is 2.73 bits per heavy atom. The maximum Gasteiger partial charge on any atom is 0.340 e. The van der Waals surface area contributed by atoms with Gasteiger partial charge in [0.1, 0.15) is 10.3 Å². The van der Waals surface area contributed by atoms with Gasteiger partial charge in [-0.05, 0) is 44.6 Å². The Morgan fingerprint density at radius 2 is 2.27 bits per heavy atom. The second kappa shape index (κ2) is 5.15. The van der Waals surface area contributed by atoms with E-state index in [0.717, 1.165) is 0 Å². The summed E-state index contributed by atoms with van der Waals surface area (Å²) >= 11 is 4.64. The van der Waals surface area contributed by atoms with E-state index in [1.807, 2.05) is 0 Å². The van der Waals surface area contributed by atoms with Gasteiger partial charge in [0.2, 0.25) is 0 Å². The summed E-state index contributed by atoms with van der Waals surface area (Å²) in [6, 6.07) is 1.31. The Balaban J connectivity index is 3.25. The van der Waals surface area contributed by atoms with E-state index in [1.54, 1.807) is 22.6 Å². The van der Waals surface area contributed by atoms with Crippen LogP contribution in [0, 0.1) is 3.57 Å². The molecule has 0 N–H and O–H groups in total. The molecule has 0 bridgehead atoms. The average Bonchev–Trinajstić information content (AvgIpc) is 2.19. The molecule has 7 heteroatoms. The minimum Gasteiger partial charge on any atom is -0.465 e. The number of carbonyl (C=O) groups is 1. The molecular weight excluding hydrogens is 387 g/mol. The second-order valence-corrected chi connectivity index (χ2v) is 4.40. The summed E-state index contributed by atoms with van der Waals surface area (Å²) in [5, 5.41) is 0. The van der Waals surface area contributed by atoms with Gasteiger partial charge in [0.05, 0.1) is 12.7 Å². The number of pyridine rings is 1. The van der Waals surface area contributed by atoms with Crippen LogP contribution in [0.5, 0.6) is 0 Å². The van der Waals surface area contributed by atoms with Crippen LogP contribution in [-0.4, -0.2) is 18.1 Å². The molecule has 15 heavy (non-hydrogen) atoms. The number of esters is 1. The molecular formula is C8H5BrF2INO2. The van der Waals surface area contributed by atoms with Gasteiger partial charge in [-0.2, -0.15) is 0 Å². The van der Waals surface area contributed by atoms with Crippen LogP contribution >= 0.6 is 38.5 Å². The maximum absolute atomic E-state index is 12.4. The summed E-state index contributed by atoms with van der Waals surface area (Å²) in [5.74, 6) is -0.617. The van der Waals surface area contributed by atoms with Gasteiger partial charge in [0.15, 0.2) is 0 Å². The number of methoxy groups -OCH3 is 1. The number of hydrogen-bond donors (Lipinski definition) is 0. The fraction of sp³-hybridized carbons (Fsp3) is 0.250. The topological polar surface area (TPSA) is 39.2 Å². The van der Waals surface area contributed by atoms with Crippen LogP contribution < -0.4 is 0 Å². The van der Waals surface area contributed by atoms with Gasteiger partial charge >= 0.3 is 5.97 Å². The van der Waals surface area contributed by atoms with E-state index in [2.05, 4.69) is 25.7 Å². The molecule has 0 aliphatic rings. The van der Waals surface area contributed by atoms with Crippen molar-refractivity contribution in [3.8, 4) is 0 Å². The Labute approximate surface area is 106 Å². The monoisotopic (exact) mass is 391 g/mol. The number of aromatic nitrogens is 1. The third-order valence-electron chi connectivity index (χ3n) is 1.57. The van der Waals surface area contributed by atoms with Crippen LogP contribution in [0.4, 0.5) is 8.78 Å². The van der Waals surface area contributed by atoms with Gasteiger partial charge in [-0.3, -0.25) is 0 Å². The van der Waals surface area contributed by atoms with Crippen LogP contribution in [0.15, 0.2) is 10.7 Å². The molecule has 0 spiro atoms. The minimum absolute atomic E-state index is 0.0602. The van der Waals surface area contributed by atoms with Crippen LogP contribution in [0.25, 0.3) is 0 Å². The fourth-order valence-electron chi connectivity index (χ4n) is 0.886. The molecule has 0 radical (unpaired) electrons. The van der Waals surface area contributed by atoms with Crippen LogP contribution in [0.1, 0.15) is 22.5 Å². The van der Waals surface area contributed by atoms with Crippen LogP contribution in [-0.2, 0) is 4.74 Å². The first-order valence-corrected chi connectivity index (χ1v) is 5.57. The number of rotatable bonds is 2. The lowest BCUT2D eigenvalue weighted by atomic mass is 10.2. The lowest BCUT2D eigenvalue weighted by Gasteiger charge is -2.06. The van der Waals surface area contributed by atoms with Crippen molar-refractivity contribution in [1.29, 1.82) is 0 Å². The average molecular weight is 392 g/mol. The summed E-state index contributed by atoms with van der Waals surface area (Å²) < 4.78 is 29.6. The SMILES string of the molecule is COC(=O)c1cc(I)c(C(F)F)nc1Br. The predicted octanol–water partition coefficient (Wildman–Crippen LogP) is 3.17. The van der Waals surface area contributed by atoms with Crippen molar-refractivity contribution in [2.45, 2.75) is 6.43 Å². The molecule has 0 atom stereocenters. The molecule has 0 aliphatic heterocycles. The maximum atomic E-state index is 12.4. The van der Waals surface area contributed by atoms with Crippen molar-refractivity contribution in [3.63, 3.8) is 0 Å². The molecule has 0 aromatic carbocycles. The van der Waals surface area contributed by atoms with Crippen molar-refractivity contribution >= 4 is 44.5 Å². The first kappa shape index (κ1) is 12.8. The molecule has 0 saturated carbocycles. The van der Waals surface area contributed by atoms with Gasteiger partial charge < -0.3 is 4.74 Å². The number of hydrogen-bond acceptors (Lipinski definition) is 3. The first-order valence-electron chi connectivity index (χ1n) is 3.69.